The second-order valence-corrected chi connectivity index (χ2v) is 8.29. The second-order valence-electron chi connectivity index (χ2n) is 7.36. The van der Waals surface area contributed by atoms with E-state index in [1.54, 1.807) is 12.1 Å². The third-order valence-electron chi connectivity index (χ3n) is 5.15. The number of carbonyl (C=O) groups is 1. The van der Waals surface area contributed by atoms with Gasteiger partial charge in [-0.2, -0.15) is 0 Å². The van der Waals surface area contributed by atoms with E-state index < -0.39 is 5.63 Å². The zero-order valence-electron chi connectivity index (χ0n) is 18.6. The van der Waals surface area contributed by atoms with Crippen LogP contribution in [0.15, 0.2) is 67.4 Å². The lowest BCUT2D eigenvalue weighted by atomic mass is 10.1. The summed E-state index contributed by atoms with van der Waals surface area (Å²) < 4.78 is 11.1. The summed E-state index contributed by atoms with van der Waals surface area (Å²) in [6.07, 6.45) is 0. The topological polar surface area (TPSA) is 101 Å². The highest BCUT2D eigenvalue weighted by Crippen LogP contribution is 2.29. The van der Waals surface area contributed by atoms with E-state index in [4.69, 9.17) is 8.83 Å². The van der Waals surface area contributed by atoms with Gasteiger partial charge in [-0.15, -0.1) is 10.2 Å². The molecule has 2 heterocycles. The Hall–Kier alpha value is -3.59. The Bertz CT molecular complexity index is 1330. The van der Waals surface area contributed by atoms with Crippen LogP contribution in [-0.4, -0.2) is 29.2 Å². The van der Waals surface area contributed by atoms with Crippen molar-refractivity contribution in [2.75, 3.05) is 23.3 Å². The fourth-order valence-electron chi connectivity index (χ4n) is 3.56. The van der Waals surface area contributed by atoms with Gasteiger partial charge in [0.05, 0.1) is 0 Å². The van der Waals surface area contributed by atoms with Crippen LogP contribution >= 0.6 is 11.8 Å². The van der Waals surface area contributed by atoms with Gasteiger partial charge in [-0.1, -0.05) is 11.8 Å². The number of rotatable bonds is 8. The molecule has 0 atom stereocenters. The van der Waals surface area contributed by atoms with Crippen molar-refractivity contribution in [1.82, 2.24) is 10.2 Å². The van der Waals surface area contributed by atoms with E-state index in [1.807, 2.05) is 30.3 Å². The molecule has 0 radical (unpaired) electrons. The van der Waals surface area contributed by atoms with Crippen LogP contribution in [0.3, 0.4) is 0 Å². The van der Waals surface area contributed by atoms with Crippen molar-refractivity contribution in [3.8, 4) is 11.5 Å². The quantitative estimate of drug-likeness (QED) is 0.289. The minimum atomic E-state index is -0.461. The number of nitrogens with one attached hydrogen (secondary N) is 1. The minimum Gasteiger partial charge on any atom is -0.423 e. The van der Waals surface area contributed by atoms with Crippen LogP contribution in [0.5, 0.6) is 0 Å². The van der Waals surface area contributed by atoms with Gasteiger partial charge in [0.25, 0.3) is 5.22 Å². The molecule has 2 aromatic heterocycles. The summed E-state index contributed by atoms with van der Waals surface area (Å²) in [5, 5.41) is 12.2. The molecule has 0 spiro atoms. The maximum atomic E-state index is 12.0. The predicted octanol–water partition coefficient (Wildman–Crippen LogP) is 4.94. The lowest BCUT2D eigenvalue weighted by molar-refractivity contribution is -0.114. The van der Waals surface area contributed by atoms with Gasteiger partial charge in [0.1, 0.15) is 5.58 Å². The highest BCUT2D eigenvalue weighted by molar-refractivity contribution is 7.98. The minimum absolute atomic E-state index is 0.196. The maximum Gasteiger partial charge on any atom is 0.336 e. The van der Waals surface area contributed by atoms with Gasteiger partial charge in [0.15, 0.2) is 0 Å². The Balaban J connectivity index is 1.50. The highest BCUT2D eigenvalue weighted by Gasteiger charge is 2.13. The van der Waals surface area contributed by atoms with E-state index in [9.17, 15) is 9.59 Å². The van der Waals surface area contributed by atoms with E-state index in [2.05, 4.69) is 34.3 Å². The molecule has 4 aromatic rings. The summed E-state index contributed by atoms with van der Waals surface area (Å²) in [5.41, 5.74) is 3.29. The predicted molar refractivity (Wildman–Crippen MR) is 130 cm³/mol. The first-order chi connectivity index (χ1) is 16.0. The molecular weight excluding hydrogens is 440 g/mol. The van der Waals surface area contributed by atoms with Crippen molar-refractivity contribution >= 4 is 40.0 Å². The standard InChI is InChI=1S/C24H24N4O4S/c1-4-28(5-2)19-9-6-16(7-10-19)23-26-27-24(32-23)33-14-17-12-22(30)31-21-13-18(25-15(3)29)8-11-20(17)21/h6-13H,4-5,14H2,1-3H3,(H,25,29). The smallest absolute Gasteiger partial charge is 0.336 e. The van der Waals surface area contributed by atoms with Gasteiger partial charge in [0, 0.05) is 60.2 Å². The van der Waals surface area contributed by atoms with E-state index in [0.29, 0.717) is 28.1 Å². The third kappa shape index (κ3) is 5.25. The monoisotopic (exact) mass is 464 g/mol. The SMILES string of the molecule is CCN(CC)c1ccc(-c2nnc(SCc3cc(=O)oc4cc(NC(C)=O)ccc34)o2)cc1. The number of benzene rings is 2. The summed E-state index contributed by atoms with van der Waals surface area (Å²) >= 11 is 1.34. The molecule has 0 unspecified atom stereocenters. The van der Waals surface area contributed by atoms with E-state index in [1.165, 1.54) is 24.8 Å². The molecule has 1 amide bonds. The van der Waals surface area contributed by atoms with E-state index in [-0.39, 0.29) is 5.91 Å². The zero-order chi connectivity index (χ0) is 23.4. The van der Waals surface area contributed by atoms with Crippen molar-refractivity contribution in [3.05, 3.63) is 64.5 Å². The molecule has 1 N–H and O–H groups in total. The summed E-state index contributed by atoms with van der Waals surface area (Å²) in [6, 6.07) is 14.7. The Morgan fingerprint density at radius 3 is 2.48 bits per heavy atom. The Morgan fingerprint density at radius 1 is 1.03 bits per heavy atom. The lowest BCUT2D eigenvalue weighted by Crippen LogP contribution is -2.21. The molecule has 0 saturated heterocycles. The van der Waals surface area contributed by atoms with Gasteiger partial charge in [-0.25, -0.2) is 4.79 Å². The maximum absolute atomic E-state index is 12.0. The van der Waals surface area contributed by atoms with Crippen LogP contribution in [0.2, 0.25) is 0 Å². The first-order valence-corrected chi connectivity index (χ1v) is 11.6. The molecule has 0 saturated carbocycles. The number of fused-ring (bicyclic) bond motifs is 1. The molecule has 9 heteroatoms. The fourth-order valence-corrected chi connectivity index (χ4v) is 4.31. The number of carbonyl (C=O) groups excluding carboxylic acids is 1. The van der Waals surface area contributed by atoms with Crippen molar-refractivity contribution in [2.45, 2.75) is 31.7 Å². The highest BCUT2D eigenvalue weighted by atomic mass is 32.2. The van der Waals surface area contributed by atoms with Gasteiger partial charge in [0.2, 0.25) is 11.8 Å². The molecule has 33 heavy (non-hydrogen) atoms. The summed E-state index contributed by atoms with van der Waals surface area (Å²) in [7, 11) is 0. The largest absolute Gasteiger partial charge is 0.423 e. The lowest BCUT2D eigenvalue weighted by Gasteiger charge is -2.20. The Labute approximate surface area is 195 Å². The van der Waals surface area contributed by atoms with Crippen molar-refractivity contribution < 1.29 is 13.6 Å². The first kappa shape index (κ1) is 22.6. The van der Waals surface area contributed by atoms with Crippen molar-refractivity contribution in [1.29, 1.82) is 0 Å². The molecule has 0 bridgehead atoms. The van der Waals surface area contributed by atoms with E-state index >= 15 is 0 Å². The van der Waals surface area contributed by atoms with Gasteiger partial charge >= 0.3 is 5.63 Å². The number of hydrogen-bond acceptors (Lipinski definition) is 8. The Morgan fingerprint density at radius 2 is 1.79 bits per heavy atom. The molecule has 0 aliphatic rings. The average molecular weight is 465 g/mol. The average Bonchev–Trinajstić information content (AvgIpc) is 3.27. The summed E-state index contributed by atoms with van der Waals surface area (Å²) in [5.74, 6) is 0.698. The van der Waals surface area contributed by atoms with E-state index in [0.717, 1.165) is 35.3 Å². The molecule has 8 nitrogen and oxygen atoms in total. The number of anilines is 2. The molecule has 0 aliphatic carbocycles. The van der Waals surface area contributed by atoms with Crippen LogP contribution in [0.1, 0.15) is 26.3 Å². The van der Waals surface area contributed by atoms with Crippen LogP contribution in [-0.2, 0) is 10.5 Å². The molecule has 170 valence electrons. The number of amides is 1. The van der Waals surface area contributed by atoms with Crippen molar-refractivity contribution in [3.63, 3.8) is 0 Å². The fraction of sp³-hybridized carbons (Fsp3) is 0.250. The van der Waals surface area contributed by atoms with Crippen LogP contribution in [0.25, 0.3) is 22.4 Å². The van der Waals surface area contributed by atoms with Gasteiger partial charge < -0.3 is 19.1 Å². The number of hydrogen-bond donors (Lipinski definition) is 1. The number of thioether (sulfide) groups is 1. The molecule has 0 aliphatic heterocycles. The number of nitrogens with zero attached hydrogens (tertiary/aromatic N) is 3. The third-order valence-corrected chi connectivity index (χ3v) is 6.02. The van der Waals surface area contributed by atoms with Crippen LogP contribution < -0.4 is 15.8 Å². The normalized spacial score (nSPS) is 11.0. The molecular formula is C24H24N4O4S. The molecule has 2 aromatic carbocycles. The second kappa shape index (κ2) is 9.91. The Kier molecular flexibility index (Phi) is 6.79. The zero-order valence-corrected chi connectivity index (χ0v) is 19.4. The van der Waals surface area contributed by atoms with Crippen LogP contribution in [0, 0.1) is 0 Å². The first-order valence-electron chi connectivity index (χ1n) is 10.6. The summed E-state index contributed by atoms with van der Waals surface area (Å²) in [6.45, 7) is 7.56. The van der Waals surface area contributed by atoms with Gasteiger partial charge in [-0.3, -0.25) is 4.79 Å². The number of aromatic nitrogens is 2. The van der Waals surface area contributed by atoms with Gasteiger partial charge in [-0.05, 0) is 55.8 Å². The summed E-state index contributed by atoms with van der Waals surface area (Å²) in [4.78, 5) is 25.6. The molecule has 4 rings (SSSR count). The van der Waals surface area contributed by atoms with Crippen molar-refractivity contribution in [2.24, 2.45) is 0 Å². The molecule has 0 fully saturated rings. The van der Waals surface area contributed by atoms with Crippen LogP contribution in [0.4, 0.5) is 11.4 Å².